The molecule has 0 saturated heterocycles. The molecule has 110 valence electrons. The van der Waals surface area contributed by atoms with Gasteiger partial charge in [-0.3, -0.25) is 4.79 Å². The van der Waals surface area contributed by atoms with Crippen LogP contribution in [0.25, 0.3) is 0 Å². The Bertz CT molecular complexity index is 664. The van der Waals surface area contributed by atoms with Crippen LogP contribution < -0.4 is 10.1 Å². The van der Waals surface area contributed by atoms with Crippen LogP contribution in [0.15, 0.2) is 46.9 Å². The maximum absolute atomic E-state index is 13.0. The van der Waals surface area contributed by atoms with Crippen LogP contribution in [0.5, 0.6) is 5.75 Å². The summed E-state index contributed by atoms with van der Waals surface area (Å²) in [5, 5.41) is 2.44. The average molecular weight is 360 g/mol. The lowest BCUT2D eigenvalue weighted by molar-refractivity contribution is -0.0493. The van der Waals surface area contributed by atoms with Gasteiger partial charge in [0.25, 0.3) is 5.91 Å². The first-order valence-electron chi connectivity index (χ1n) is 5.77. The fourth-order valence-electron chi connectivity index (χ4n) is 1.63. The first-order valence-corrected chi connectivity index (χ1v) is 6.57. The molecule has 0 aliphatic heterocycles. The third kappa shape index (κ3) is 3.98. The summed E-state index contributed by atoms with van der Waals surface area (Å²) in [5.41, 5.74) is 0.266. The molecule has 2 aromatic carbocycles. The normalized spacial score (nSPS) is 10.5. The molecular formula is C14H9BrF3NO2. The van der Waals surface area contributed by atoms with Crippen molar-refractivity contribution >= 4 is 27.5 Å². The Balaban J connectivity index is 2.23. The molecule has 0 unspecified atom stereocenters. The zero-order valence-corrected chi connectivity index (χ0v) is 12.0. The van der Waals surface area contributed by atoms with Gasteiger partial charge in [0.05, 0.1) is 11.3 Å². The topological polar surface area (TPSA) is 38.3 Å². The smallest absolute Gasteiger partial charge is 0.387 e. The van der Waals surface area contributed by atoms with Crippen molar-refractivity contribution in [1.29, 1.82) is 0 Å². The summed E-state index contributed by atoms with van der Waals surface area (Å²) < 4.78 is 42.1. The van der Waals surface area contributed by atoms with E-state index in [2.05, 4.69) is 26.0 Å². The number of ether oxygens (including phenoxy) is 1. The largest absolute Gasteiger partial charge is 0.433 e. The molecule has 1 N–H and O–H groups in total. The van der Waals surface area contributed by atoms with Crippen molar-refractivity contribution in [3.63, 3.8) is 0 Å². The predicted octanol–water partition coefficient (Wildman–Crippen LogP) is 4.44. The molecule has 0 fully saturated rings. The molecule has 3 nitrogen and oxygen atoms in total. The Labute approximate surface area is 126 Å². The number of para-hydroxylation sites is 2. The van der Waals surface area contributed by atoms with Gasteiger partial charge in [-0.2, -0.15) is 8.78 Å². The number of hydrogen-bond acceptors (Lipinski definition) is 2. The Morgan fingerprint density at radius 2 is 1.90 bits per heavy atom. The van der Waals surface area contributed by atoms with Gasteiger partial charge in [-0.25, -0.2) is 4.39 Å². The van der Waals surface area contributed by atoms with Crippen molar-refractivity contribution in [1.82, 2.24) is 0 Å². The van der Waals surface area contributed by atoms with Gasteiger partial charge in [0, 0.05) is 4.47 Å². The number of anilines is 1. The van der Waals surface area contributed by atoms with Crippen LogP contribution in [0, 0.1) is 5.82 Å². The number of hydrogen-bond donors (Lipinski definition) is 1. The Morgan fingerprint density at radius 3 is 2.57 bits per heavy atom. The van der Waals surface area contributed by atoms with Gasteiger partial charge in [-0.1, -0.05) is 12.1 Å². The highest BCUT2D eigenvalue weighted by molar-refractivity contribution is 9.10. The fourth-order valence-corrected chi connectivity index (χ4v) is 2.16. The van der Waals surface area contributed by atoms with E-state index in [0.717, 1.165) is 12.1 Å². The number of carbonyl (C=O) groups excluding carboxylic acids is 1. The Morgan fingerprint density at radius 1 is 1.19 bits per heavy atom. The second kappa shape index (κ2) is 6.62. The minimum absolute atomic E-state index is 0.0963. The van der Waals surface area contributed by atoms with Crippen molar-refractivity contribution in [3.8, 4) is 5.75 Å². The quantitative estimate of drug-likeness (QED) is 0.876. The van der Waals surface area contributed by atoms with E-state index in [-0.39, 0.29) is 21.5 Å². The van der Waals surface area contributed by atoms with E-state index < -0.39 is 18.3 Å². The van der Waals surface area contributed by atoms with Crippen molar-refractivity contribution in [2.75, 3.05) is 5.32 Å². The standard InChI is InChI=1S/C14H9BrF3NO2/c15-10-7-8(16)5-6-9(10)13(20)19-11-3-1-2-4-12(11)21-14(17)18/h1-7,14H,(H,19,20). The van der Waals surface area contributed by atoms with Crippen LogP contribution in [0.2, 0.25) is 0 Å². The maximum atomic E-state index is 13.0. The maximum Gasteiger partial charge on any atom is 0.387 e. The van der Waals surface area contributed by atoms with Gasteiger partial charge in [0.15, 0.2) is 0 Å². The summed E-state index contributed by atoms with van der Waals surface area (Å²) in [6.45, 7) is -3.00. The summed E-state index contributed by atoms with van der Waals surface area (Å²) in [5.74, 6) is -1.23. The lowest BCUT2D eigenvalue weighted by Gasteiger charge is -2.12. The van der Waals surface area contributed by atoms with Gasteiger partial charge in [0.1, 0.15) is 11.6 Å². The van der Waals surface area contributed by atoms with E-state index in [4.69, 9.17) is 0 Å². The van der Waals surface area contributed by atoms with Crippen LogP contribution in [0.3, 0.4) is 0 Å². The second-order valence-electron chi connectivity index (χ2n) is 3.95. The van der Waals surface area contributed by atoms with E-state index in [9.17, 15) is 18.0 Å². The zero-order chi connectivity index (χ0) is 15.4. The first kappa shape index (κ1) is 15.4. The molecule has 21 heavy (non-hydrogen) atoms. The fraction of sp³-hybridized carbons (Fsp3) is 0.0714. The van der Waals surface area contributed by atoms with E-state index in [0.29, 0.717) is 0 Å². The summed E-state index contributed by atoms with van der Waals surface area (Å²) in [4.78, 5) is 12.1. The number of halogens is 4. The molecule has 2 rings (SSSR count). The highest BCUT2D eigenvalue weighted by atomic mass is 79.9. The van der Waals surface area contributed by atoms with E-state index >= 15 is 0 Å². The molecule has 1 amide bonds. The number of rotatable bonds is 4. The van der Waals surface area contributed by atoms with Crippen molar-refractivity contribution < 1.29 is 22.7 Å². The van der Waals surface area contributed by atoms with Gasteiger partial charge >= 0.3 is 6.61 Å². The molecule has 7 heteroatoms. The second-order valence-corrected chi connectivity index (χ2v) is 4.81. The summed E-state index contributed by atoms with van der Waals surface area (Å²) in [6, 6.07) is 9.34. The van der Waals surface area contributed by atoms with Crippen molar-refractivity contribution in [3.05, 3.63) is 58.3 Å². The van der Waals surface area contributed by atoms with Crippen LogP contribution >= 0.6 is 15.9 Å². The zero-order valence-electron chi connectivity index (χ0n) is 10.4. The Hall–Kier alpha value is -2.02. The van der Waals surface area contributed by atoms with E-state index in [1.165, 1.54) is 24.3 Å². The molecule has 0 aromatic heterocycles. The highest BCUT2D eigenvalue weighted by Gasteiger charge is 2.15. The molecule has 0 aliphatic rings. The van der Waals surface area contributed by atoms with Crippen molar-refractivity contribution in [2.24, 2.45) is 0 Å². The number of carbonyl (C=O) groups is 1. The van der Waals surface area contributed by atoms with Crippen molar-refractivity contribution in [2.45, 2.75) is 6.61 Å². The van der Waals surface area contributed by atoms with Crippen LogP contribution in [0.4, 0.5) is 18.9 Å². The molecule has 2 aromatic rings. The van der Waals surface area contributed by atoms with E-state index in [1.807, 2.05) is 0 Å². The molecule has 0 radical (unpaired) electrons. The minimum atomic E-state index is -3.00. The van der Waals surface area contributed by atoms with Crippen LogP contribution in [0.1, 0.15) is 10.4 Å². The van der Waals surface area contributed by atoms with Crippen LogP contribution in [-0.4, -0.2) is 12.5 Å². The SMILES string of the molecule is O=C(Nc1ccccc1OC(F)F)c1ccc(F)cc1Br. The van der Waals surface area contributed by atoms with E-state index in [1.54, 1.807) is 6.07 Å². The molecule has 0 aliphatic carbocycles. The minimum Gasteiger partial charge on any atom is -0.433 e. The monoisotopic (exact) mass is 359 g/mol. The first-order chi connectivity index (χ1) is 9.97. The third-order valence-electron chi connectivity index (χ3n) is 2.53. The van der Waals surface area contributed by atoms with Gasteiger partial charge < -0.3 is 10.1 Å². The summed E-state index contributed by atoms with van der Waals surface area (Å²) in [7, 11) is 0. The number of amides is 1. The average Bonchev–Trinajstić information content (AvgIpc) is 2.40. The number of nitrogens with one attached hydrogen (secondary N) is 1. The highest BCUT2D eigenvalue weighted by Crippen LogP contribution is 2.27. The summed E-state index contributed by atoms with van der Waals surface area (Å²) in [6.07, 6.45) is 0. The van der Waals surface area contributed by atoms with Gasteiger partial charge in [-0.15, -0.1) is 0 Å². The van der Waals surface area contributed by atoms with Gasteiger partial charge in [-0.05, 0) is 46.3 Å². The molecule has 0 heterocycles. The lowest BCUT2D eigenvalue weighted by atomic mass is 10.2. The third-order valence-corrected chi connectivity index (χ3v) is 3.18. The molecular weight excluding hydrogens is 351 g/mol. The Kier molecular flexibility index (Phi) is 4.85. The van der Waals surface area contributed by atoms with Gasteiger partial charge in [0.2, 0.25) is 0 Å². The molecule has 0 bridgehead atoms. The number of alkyl halides is 2. The lowest BCUT2D eigenvalue weighted by Crippen LogP contribution is -2.14. The molecule has 0 atom stereocenters. The molecule has 0 spiro atoms. The molecule has 0 saturated carbocycles. The van der Waals surface area contributed by atoms with Crippen LogP contribution in [-0.2, 0) is 0 Å². The number of benzene rings is 2. The predicted molar refractivity (Wildman–Crippen MR) is 75.1 cm³/mol. The summed E-state index contributed by atoms with van der Waals surface area (Å²) >= 11 is 3.07.